The first-order chi connectivity index (χ1) is 8.16. The molecule has 2 aromatic rings. The third kappa shape index (κ3) is 3.01. The summed E-state index contributed by atoms with van der Waals surface area (Å²) in [6.45, 7) is 0.558. The van der Waals surface area contributed by atoms with Gasteiger partial charge in [0.15, 0.2) is 4.90 Å². The summed E-state index contributed by atoms with van der Waals surface area (Å²) in [6.07, 6.45) is 0. The number of nitrogens with two attached hydrogens (primary N) is 1. The number of nitrogens with one attached hydrogen (secondary N) is 1. The average molecular weight is 265 g/mol. The fourth-order valence-corrected chi connectivity index (χ4v) is 2.37. The van der Waals surface area contributed by atoms with Crippen molar-refractivity contribution in [1.82, 2.24) is 0 Å². The number of rotatable bonds is 4. The summed E-state index contributed by atoms with van der Waals surface area (Å²) in [6, 6.07) is 9.44. The largest absolute Gasteiger partial charge is 0.488 e. The molecule has 0 unspecified atom stereocenters. The minimum atomic E-state index is 0.0415. The third-order valence-electron chi connectivity index (χ3n) is 2.24. The molecule has 0 saturated heterocycles. The summed E-state index contributed by atoms with van der Waals surface area (Å²) < 4.78 is 5.63. The summed E-state index contributed by atoms with van der Waals surface area (Å²) >= 11 is 5.08. The smallest absolute Gasteiger partial charge is 0.164 e. The van der Waals surface area contributed by atoms with Crippen molar-refractivity contribution in [3.8, 4) is 5.75 Å². The molecule has 0 bridgehead atoms. The van der Waals surface area contributed by atoms with Crippen LogP contribution < -0.4 is 10.5 Å². The first-order valence-electron chi connectivity index (χ1n) is 5.02. The van der Waals surface area contributed by atoms with Gasteiger partial charge >= 0.3 is 0 Å². The monoisotopic (exact) mass is 265 g/mol. The number of nitrogen functional groups attached to an aromatic ring is 1. The molecule has 1 aromatic carbocycles. The lowest BCUT2D eigenvalue weighted by Crippen LogP contribution is -2.12. The SMILES string of the molecule is N=C(N)c1ccc(OCc2cccs2)cc1[SH2+]. The number of thiophene rings is 1. The molecular formula is C12H13N2OS2+. The van der Waals surface area contributed by atoms with Crippen LogP contribution in [0.25, 0.3) is 0 Å². The van der Waals surface area contributed by atoms with E-state index < -0.39 is 0 Å². The van der Waals surface area contributed by atoms with Crippen LogP contribution in [0.5, 0.6) is 5.75 Å². The van der Waals surface area contributed by atoms with Gasteiger partial charge in [-0.1, -0.05) is 6.07 Å². The van der Waals surface area contributed by atoms with E-state index in [4.69, 9.17) is 15.9 Å². The van der Waals surface area contributed by atoms with Crippen LogP contribution in [0.1, 0.15) is 10.4 Å². The third-order valence-corrected chi connectivity index (χ3v) is 3.51. The van der Waals surface area contributed by atoms with Crippen molar-refractivity contribution >= 4 is 29.8 Å². The van der Waals surface area contributed by atoms with Crippen LogP contribution in [0.3, 0.4) is 0 Å². The maximum absolute atomic E-state index is 7.37. The topological polar surface area (TPSA) is 59.1 Å². The highest BCUT2D eigenvalue weighted by Crippen LogP contribution is 2.19. The van der Waals surface area contributed by atoms with Gasteiger partial charge in [0.25, 0.3) is 0 Å². The number of hydrogen-bond acceptors (Lipinski definition) is 3. The first-order valence-corrected chi connectivity index (χ1v) is 6.40. The Labute approximate surface area is 109 Å². The van der Waals surface area contributed by atoms with Gasteiger partial charge in [0.05, 0.1) is 5.56 Å². The van der Waals surface area contributed by atoms with Gasteiger partial charge in [0.1, 0.15) is 18.2 Å². The summed E-state index contributed by atoms with van der Waals surface area (Å²) in [5.41, 5.74) is 6.10. The first kappa shape index (κ1) is 12.0. The van der Waals surface area contributed by atoms with Crippen molar-refractivity contribution in [3.05, 3.63) is 46.2 Å². The molecule has 0 aliphatic heterocycles. The summed E-state index contributed by atoms with van der Waals surface area (Å²) in [5.74, 6) is 0.799. The Balaban J connectivity index is 2.07. The molecule has 0 spiro atoms. The summed E-state index contributed by atoms with van der Waals surface area (Å²) in [7, 11) is 0. The Morgan fingerprint density at radius 2 is 2.24 bits per heavy atom. The van der Waals surface area contributed by atoms with E-state index in [1.54, 1.807) is 17.4 Å². The molecule has 2 rings (SSSR count). The van der Waals surface area contributed by atoms with Gasteiger partial charge in [0.2, 0.25) is 0 Å². The van der Waals surface area contributed by atoms with Crippen molar-refractivity contribution in [2.45, 2.75) is 11.5 Å². The van der Waals surface area contributed by atoms with Crippen molar-refractivity contribution < 1.29 is 4.74 Å². The molecule has 3 N–H and O–H groups in total. The highest BCUT2D eigenvalue weighted by molar-refractivity contribution is 7.58. The van der Waals surface area contributed by atoms with Gasteiger partial charge < -0.3 is 10.5 Å². The van der Waals surface area contributed by atoms with Crippen molar-refractivity contribution in [2.24, 2.45) is 5.73 Å². The maximum atomic E-state index is 7.37. The lowest BCUT2D eigenvalue weighted by atomic mass is 10.2. The second kappa shape index (κ2) is 5.25. The Morgan fingerprint density at radius 1 is 1.41 bits per heavy atom. The second-order valence-corrected chi connectivity index (χ2v) is 5.06. The predicted octanol–water partition coefficient (Wildman–Crippen LogP) is 1.98. The Bertz CT molecular complexity index is 523. The van der Waals surface area contributed by atoms with E-state index in [1.165, 1.54) is 4.88 Å². The molecule has 0 amide bonds. The van der Waals surface area contributed by atoms with Crippen LogP contribution in [-0.2, 0) is 19.2 Å². The van der Waals surface area contributed by atoms with Crippen molar-refractivity contribution in [3.63, 3.8) is 0 Å². The molecule has 17 heavy (non-hydrogen) atoms. The van der Waals surface area contributed by atoms with Gasteiger partial charge in [-0.3, -0.25) is 5.41 Å². The van der Waals surface area contributed by atoms with E-state index in [-0.39, 0.29) is 5.84 Å². The van der Waals surface area contributed by atoms with Crippen LogP contribution in [0.4, 0.5) is 0 Å². The molecule has 5 heteroatoms. The number of benzene rings is 1. The standard InChI is InChI=1S/C12H12N2OS2/c13-12(14)10-4-3-8(6-11(10)16)15-7-9-2-1-5-17-9/h1-6,16H,7H2,(H3,13,14)/p+1. The number of hydrogen-bond donors (Lipinski definition) is 2. The molecule has 0 radical (unpaired) electrons. The van der Waals surface area contributed by atoms with E-state index in [2.05, 4.69) is 12.6 Å². The molecule has 3 nitrogen and oxygen atoms in total. The van der Waals surface area contributed by atoms with Gasteiger partial charge in [-0.25, -0.2) is 0 Å². The molecule has 0 atom stereocenters. The summed E-state index contributed by atoms with van der Waals surface area (Å²) in [4.78, 5) is 1.94. The second-order valence-electron chi connectivity index (χ2n) is 3.49. The molecule has 0 saturated carbocycles. The maximum Gasteiger partial charge on any atom is 0.164 e. The lowest BCUT2D eigenvalue weighted by Gasteiger charge is -2.05. The molecule has 1 aromatic heterocycles. The van der Waals surface area contributed by atoms with E-state index in [9.17, 15) is 0 Å². The normalized spacial score (nSPS) is 10.2. The lowest BCUT2D eigenvalue weighted by molar-refractivity contribution is 0.309. The minimum absolute atomic E-state index is 0.0415. The van der Waals surface area contributed by atoms with E-state index >= 15 is 0 Å². The van der Waals surface area contributed by atoms with Crippen LogP contribution in [0.15, 0.2) is 40.6 Å². The molecule has 1 heterocycles. The fourth-order valence-electron chi connectivity index (χ4n) is 1.40. The Kier molecular flexibility index (Phi) is 3.71. The molecule has 0 fully saturated rings. The average Bonchev–Trinajstić information content (AvgIpc) is 2.78. The van der Waals surface area contributed by atoms with E-state index in [0.717, 1.165) is 10.6 Å². The van der Waals surface area contributed by atoms with Crippen molar-refractivity contribution in [1.29, 1.82) is 5.41 Å². The van der Waals surface area contributed by atoms with Gasteiger partial charge in [-0.15, -0.1) is 11.3 Å². The molecular weight excluding hydrogens is 252 g/mol. The van der Waals surface area contributed by atoms with Gasteiger partial charge in [-0.2, -0.15) is 0 Å². The Hall–Kier alpha value is -1.46. The highest BCUT2D eigenvalue weighted by Gasteiger charge is 2.08. The molecule has 0 aliphatic rings. The predicted molar refractivity (Wildman–Crippen MR) is 74.5 cm³/mol. The number of amidine groups is 1. The van der Waals surface area contributed by atoms with Crippen LogP contribution in [0, 0.1) is 5.41 Å². The zero-order valence-electron chi connectivity index (χ0n) is 9.07. The highest BCUT2D eigenvalue weighted by atomic mass is 32.1. The van der Waals surface area contributed by atoms with Gasteiger partial charge in [0, 0.05) is 10.9 Å². The number of ether oxygens (including phenoxy) is 1. The Morgan fingerprint density at radius 3 is 2.82 bits per heavy atom. The zero-order valence-corrected chi connectivity index (χ0v) is 10.9. The van der Waals surface area contributed by atoms with Crippen LogP contribution in [-0.4, -0.2) is 5.84 Å². The summed E-state index contributed by atoms with van der Waals surface area (Å²) in [5, 5.41) is 9.39. The van der Waals surface area contributed by atoms with Crippen LogP contribution >= 0.6 is 11.3 Å². The quantitative estimate of drug-likeness (QED) is 0.504. The zero-order chi connectivity index (χ0) is 12.3. The molecule has 0 aliphatic carbocycles. The van der Waals surface area contributed by atoms with E-state index in [1.807, 2.05) is 29.6 Å². The molecule has 88 valence electrons. The van der Waals surface area contributed by atoms with Crippen LogP contribution in [0.2, 0.25) is 0 Å². The minimum Gasteiger partial charge on any atom is -0.488 e. The fraction of sp³-hybridized carbons (Fsp3) is 0.0833. The van der Waals surface area contributed by atoms with Crippen molar-refractivity contribution in [2.75, 3.05) is 0 Å². The van der Waals surface area contributed by atoms with Gasteiger partial charge in [-0.05, 0) is 36.2 Å². The van der Waals surface area contributed by atoms with E-state index in [0.29, 0.717) is 12.2 Å².